The van der Waals surface area contributed by atoms with E-state index in [0.29, 0.717) is 0 Å². The van der Waals surface area contributed by atoms with E-state index in [-0.39, 0.29) is 17.0 Å². The van der Waals surface area contributed by atoms with E-state index in [0.717, 1.165) is 6.07 Å². The molecular formula is C8H6ClF3N2O3. The van der Waals surface area contributed by atoms with Gasteiger partial charge in [-0.3, -0.25) is 0 Å². The van der Waals surface area contributed by atoms with Crippen LogP contribution in [-0.4, -0.2) is 16.3 Å². The van der Waals surface area contributed by atoms with Crippen LogP contribution in [0, 0.1) is 17.0 Å². The second-order valence-electron chi connectivity index (χ2n) is 3.02. The first kappa shape index (κ1) is 13.5. The van der Waals surface area contributed by atoms with E-state index < -0.39 is 23.0 Å². The Bertz CT molecular complexity index is 450. The van der Waals surface area contributed by atoms with E-state index in [1.54, 1.807) is 0 Å². The predicted octanol–water partition coefficient (Wildman–Crippen LogP) is 2.94. The average Bonchev–Trinajstić information content (AvgIpc) is 2.13. The Hall–Kier alpha value is -1.57. The van der Waals surface area contributed by atoms with Crippen molar-refractivity contribution >= 4 is 17.4 Å². The first-order valence-electron chi connectivity index (χ1n) is 4.21. The molecule has 0 spiro atoms. The fourth-order valence-corrected chi connectivity index (χ4v) is 1.47. The van der Waals surface area contributed by atoms with Crippen LogP contribution in [0.2, 0.25) is 0 Å². The number of hydrogen-bond acceptors (Lipinski definition) is 4. The van der Waals surface area contributed by atoms with Crippen molar-refractivity contribution in [3.63, 3.8) is 0 Å². The van der Waals surface area contributed by atoms with Gasteiger partial charge in [-0.05, 0) is 17.4 Å². The highest BCUT2D eigenvalue weighted by Crippen LogP contribution is 2.28. The van der Waals surface area contributed by atoms with Crippen molar-refractivity contribution in [1.29, 1.82) is 0 Å². The minimum absolute atomic E-state index is 0.0613. The molecule has 0 saturated heterocycles. The van der Waals surface area contributed by atoms with Gasteiger partial charge in [0, 0.05) is 11.1 Å². The zero-order valence-corrected chi connectivity index (χ0v) is 9.17. The normalized spacial score (nSPS) is 11.4. The lowest BCUT2D eigenvalue weighted by molar-refractivity contribution is -0.390. The lowest BCUT2D eigenvalue weighted by atomic mass is 10.1. The Labute approximate surface area is 98.3 Å². The molecule has 0 atom stereocenters. The molecule has 5 nitrogen and oxygen atoms in total. The van der Waals surface area contributed by atoms with Gasteiger partial charge in [-0.1, -0.05) is 0 Å². The number of aryl methyl sites for hydroxylation is 1. The quantitative estimate of drug-likeness (QED) is 0.481. The third-order valence-corrected chi connectivity index (χ3v) is 2.10. The van der Waals surface area contributed by atoms with Crippen molar-refractivity contribution in [1.82, 2.24) is 4.98 Å². The lowest BCUT2D eigenvalue weighted by Gasteiger charge is -2.07. The number of rotatable bonds is 3. The number of hydrogen-bond donors (Lipinski definition) is 0. The molecule has 0 aliphatic carbocycles. The van der Waals surface area contributed by atoms with Gasteiger partial charge in [-0.15, -0.1) is 24.8 Å². The number of nitro groups is 1. The number of ether oxygens (including phenoxy) is 1. The zero-order valence-electron chi connectivity index (χ0n) is 8.42. The number of alkyl halides is 4. The smallest absolute Gasteiger partial charge is 0.366 e. The molecule has 0 amide bonds. The fourth-order valence-electron chi connectivity index (χ4n) is 1.14. The van der Waals surface area contributed by atoms with Gasteiger partial charge in [-0.2, -0.15) is 0 Å². The number of pyridine rings is 1. The Balaban J connectivity index is 3.25. The number of halogens is 4. The summed E-state index contributed by atoms with van der Waals surface area (Å²) in [6.45, 7) is 1.38. The van der Waals surface area contributed by atoms with Crippen molar-refractivity contribution in [3.05, 3.63) is 27.3 Å². The molecule has 0 aliphatic heterocycles. The van der Waals surface area contributed by atoms with Gasteiger partial charge < -0.3 is 14.9 Å². The molecule has 17 heavy (non-hydrogen) atoms. The molecule has 0 radical (unpaired) electrons. The third-order valence-electron chi connectivity index (χ3n) is 1.83. The maximum Gasteiger partial charge on any atom is 0.575 e. The van der Waals surface area contributed by atoms with Gasteiger partial charge in [0.25, 0.3) is 0 Å². The third kappa shape index (κ3) is 3.45. The molecule has 0 bridgehead atoms. The standard InChI is InChI=1S/C8H6ClF3N2O3/c1-4-2-6(17-8(10,11)12)13-7(14(15)16)5(4)3-9/h2H,3H2,1H3. The summed E-state index contributed by atoms with van der Waals surface area (Å²) in [4.78, 5) is 12.9. The molecule has 0 unspecified atom stereocenters. The van der Waals surface area contributed by atoms with E-state index in [1.807, 2.05) is 0 Å². The molecule has 9 heteroatoms. The van der Waals surface area contributed by atoms with E-state index in [1.165, 1.54) is 6.92 Å². The predicted molar refractivity (Wildman–Crippen MR) is 51.9 cm³/mol. The van der Waals surface area contributed by atoms with Crippen molar-refractivity contribution < 1.29 is 22.8 Å². The van der Waals surface area contributed by atoms with Gasteiger partial charge in [0.15, 0.2) is 0 Å². The van der Waals surface area contributed by atoms with Gasteiger partial charge in [0.1, 0.15) is 0 Å². The van der Waals surface area contributed by atoms with Crippen LogP contribution in [0.4, 0.5) is 19.0 Å². The first-order chi connectivity index (χ1) is 7.74. The summed E-state index contributed by atoms with van der Waals surface area (Å²) in [5.74, 6) is -1.84. The van der Waals surface area contributed by atoms with Gasteiger partial charge in [0.05, 0.1) is 11.4 Å². The van der Waals surface area contributed by atoms with Crippen molar-refractivity contribution in [2.24, 2.45) is 0 Å². The van der Waals surface area contributed by atoms with Gasteiger partial charge in [0.2, 0.25) is 0 Å². The second-order valence-corrected chi connectivity index (χ2v) is 3.29. The van der Waals surface area contributed by atoms with Crippen molar-refractivity contribution in [3.8, 4) is 5.88 Å². The minimum atomic E-state index is -4.95. The zero-order chi connectivity index (χ0) is 13.2. The number of nitrogens with zero attached hydrogens (tertiary/aromatic N) is 2. The lowest BCUT2D eigenvalue weighted by Crippen LogP contribution is -2.18. The topological polar surface area (TPSA) is 65.3 Å². The SMILES string of the molecule is Cc1cc(OC(F)(F)F)nc([N+](=O)[O-])c1CCl. The average molecular weight is 271 g/mol. The summed E-state index contributed by atoms with van der Waals surface area (Å²) >= 11 is 5.46. The van der Waals surface area contributed by atoms with Crippen LogP contribution < -0.4 is 4.74 Å². The molecule has 0 saturated carbocycles. The van der Waals surface area contributed by atoms with Crippen molar-refractivity contribution in [2.75, 3.05) is 0 Å². The molecule has 1 aromatic heterocycles. The summed E-state index contributed by atoms with van der Waals surface area (Å²) < 4.78 is 39.3. The molecule has 1 heterocycles. The summed E-state index contributed by atoms with van der Waals surface area (Å²) in [7, 11) is 0. The molecule has 0 fully saturated rings. The second kappa shape index (κ2) is 4.74. The summed E-state index contributed by atoms with van der Waals surface area (Å²) in [5, 5.41) is 10.6. The highest BCUT2D eigenvalue weighted by atomic mass is 35.5. The molecule has 0 aliphatic rings. The Morgan fingerprint density at radius 2 is 2.18 bits per heavy atom. The van der Waals surface area contributed by atoms with Crippen LogP contribution in [0.15, 0.2) is 6.07 Å². The van der Waals surface area contributed by atoms with Crippen LogP contribution in [0.5, 0.6) is 5.88 Å². The summed E-state index contributed by atoms with van der Waals surface area (Å²) in [6, 6.07) is 0.943. The van der Waals surface area contributed by atoms with Crippen molar-refractivity contribution in [2.45, 2.75) is 19.2 Å². The largest absolute Gasteiger partial charge is 0.575 e. The fraction of sp³-hybridized carbons (Fsp3) is 0.375. The maximum absolute atomic E-state index is 11.9. The van der Waals surface area contributed by atoms with E-state index in [4.69, 9.17) is 11.6 Å². The van der Waals surface area contributed by atoms with E-state index in [2.05, 4.69) is 9.72 Å². The molecular weight excluding hydrogens is 265 g/mol. The van der Waals surface area contributed by atoms with E-state index >= 15 is 0 Å². The Morgan fingerprint density at radius 1 is 1.59 bits per heavy atom. The summed E-state index contributed by atoms with van der Waals surface area (Å²) in [5.41, 5.74) is 0.271. The molecule has 0 N–H and O–H groups in total. The highest BCUT2D eigenvalue weighted by molar-refractivity contribution is 6.17. The van der Waals surface area contributed by atoms with Crippen LogP contribution in [0.25, 0.3) is 0 Å². The molecule has 0 aromatic carbocycles. The molecule has 94 valence electrons. The minimum Gasteiger partial charge on any atom is -0.366 e. The van der Waals surface area contributed by atoms with Gasteiger partial charge in [-0.25, -0.2) is 0 Å². The van der Waals surface area contributed by atoms with E-state index in [9.17, 15) is 23.3 Å². The van der Waals surface area contributed by atoms with Crippen LogP contribution >= 0.6 is 11.6 Å². The number of aromatic nitrogens is 1. The molecule has 1 aromatic rings. The van der Waals surface area contributed by atoms with Crippen LogP contribution in [0.3, 0.4) is 0 Å². The first-order valence-corrected chi connectivity index (χ1v) is 4.74. The monoisotopic (exact) mass is 270 g/mol. The van der Waals surface area contributed by atoms with Crippen LogP contribution in [-0.2, 0) is 5.88 Å². The highest BCUT2D eigenvalue weighted by Gasteiger charge is 2.34. The van der Waals surface area contributed by atoms with Crippen LogP contribution in [0.1, 0.15) is 11.1 Å². The molecule has 1 rings (SSSR count). The van der Waals surface area contributed by atoms with Gasteiger partial charge >= 0.3 is 18.1 Å². The Kier molecular flexibility index (Phi) is 3.76. The Morgan fingerprint density at radius 3 is 2.59 bits per heavy atom. The maximum atomic E-state index is 11.9. The summed E-state index contributed by atoms with van der Waals surface area (Å²) in [6.07, 6.45) is -4.95.